The Kier molecular flexibility index (Phi) is 4.03. The van der Waals surface area contributed by atoms with Crippen LogP contribution in [0.5, 0.6) is 0 Å². The Labute approximate surface area is 119 Å². The van der Waals surface area contributed by atoms with E-state index in [-0.39, 0.29) is 5.56 Å². The zero-order valence-electron chi connectivity index (χ0n) is 11.9. The minimum absolute atomic E-state index is 0.136. The largest absolute Gasteiger partial charge is 0.316 e. The number of likely N-dealkylation sites (tertiary alicyclic amines) is 1. The summed E-state index contributed by atoms with van der Waals surface area (Å²) < 4.78 is 25.5. The van der Waals surface area contributed by atoms with Gasteiger partial charge in [0, 0.05) is 24.7 Å². The number of nitrogens with one attached hydrogen (secondary N) is 1. The molecule has 0 radical (unpaired) electrons. The fourth-order valence-electron chi connectivity index (χ4n) is 3.92. The van der Waals surface area contributed by atoms with Crippen LogP contribution in [-0.4, -0.2) is 30.6 Å². The van der Waals surface area contributed by atoms with Crippen molar-refractivity contribution in [2.24, 2.45) is 11.8 Å². The van der Waals surface area contributed by atoms with Crippen molar-refractivity contribution in [3.8, 4) is 0 Å². The molecule has 2 heterocycles. The number of benzene rings is 1. The van der Waals surface area contributed by atoms with E-state index in [1.165, 1.54) is 6.07 Å². The lowest BCUT2D eigenvalue weighted by atomic mass is 9.93. The van der Waals surface area contributed by atoms with Gasteiger partial charge in [0.15, 0.2) is 0 Å². The average Bonchev–Trinajstić information content (AvgIpc) is 2.99. The first kappa shape index (κ1) is 14.0. The van der Waals surface area contributed by atoms with Crippen LogP contribution in [0.2, 0.25) is 0 Å². The van der Waals surface area contributed by atoms with E-state index in [9.17, 15) is 8.78 Å². The Balaban J connectivity index is 1.72. The SMILES string of the molecule is CCC1C2CNCC2CN1Cc1cccc(C(F)F)c1. The van der Waals surface area contributed by atoms with Gasteiger partial charge >= 0.3 is 0 Å². The molecule has 0 aromatic heterocycles. The van der Waals surface area contributed by atoms with E-state index in [1.807, 2.05) is 6.07 Å². The molecule has 0 aliphatic carbocycles. The third-order valence-electron chi connectivity index (χ3n) is 4.83. The predicted molar refractivity (Wildman–Crippen MR) is 75.7 cm³/mol. The first-order valence-electron chi connectivity index (χ1n) is 7.50. The van der Waals surface area contributed by atoms with Gasteiger partial charge in [-0.1, -0.05) is 25.1 Å². The van der Waals surface area contributed by atoms with Gasteiger partial charge in [0.2, 0.25) is 0 Å². The summed E-state index contributed by atoms with van der Waals surface area (Å²) in [5.41, 5.74) is 1.14. The lowest BCUT2D eigenvalue weighted by Gasteiger charge is -2.27. The third-order valence-corrected chi connectivity index (χ3v) is 4.83. The Hall–Kier alpha value is -1.00. The first-order chi connectivity index (χ1) is 9.69. The molecule has 2 fully saturated rings. The Morgan fingerprint density at radius 1 is 1.35 bits per heavy atom. The lowest BCUT2D eigenvalue weighted by molar-refractivity contribution is 0.151. The number of hydrogen-bond acceptors (Lipinski definition) is 2. The Morgan fingerprint density at radius 3 is 2.95 bits per heavy atom. The Morgan fingerprint density at radius 2 is 2.20 bits per heavy atom. The summed E-state index contributed by atoms with van der Waals surface area (Å²) >= 11 is 0. The summed E-state index contributed by atoms with van der Waals surface area (Å²) in [5, 5.41) is 3.47. The highest BCUT2D eigenvalue weighted by Gasteiger charge is 2.42. The van der Waals surface area contributed by atoms with Crippen LogP contribution in [0.3, 0.4) is 0 Å². The number of hydrogen-bond donors (Lipinski definition) is 1. The van der Waals surface area contributed by atoms with Crippen molar-refractivity contribution < 1.29 is 8.78 Å². The fourth-order valence-corrected chi connectivity index (χ4v) is 3.92. The summed E-state index contributed by atoms with van der Waals surface area (Å²) in [7, 11) is 0. The number of alkyl halides is 2. The second kappa shape index (κ2) is 5.78. The van der Waals surface area contributed by atoms with E-state index in [2.05, 4.69) is 17.1 Å². The molecule has 2 nitrogen and oxygen atoms in total. The quantitative estimate of drug-likeness (QED) is 0.912. The van der Waals surface area contributed by atoms with Crippen LogP contribution in [0.25, 0.3) is 0 Å². The van der Waals surface area contributed by atoms with Crippen LogP contribution >= 0.6 is 0 Å². The van der Waals surface area contributed by atoms with Gasteiger partial charge in [-0.25, -0.2) is 8.78 Å². The van der Waals surface area contributed by atoms with Crippen LogP contribution in [0.4, 0.5) is 8.78 Å². The molecule has 3 rings (SSSR count). The molecule has 20 heavy (non-hydrogen) atoms. The molecule has 3 unspecified atom stereocenters. The Bertz CT molecular complexity index is 464. The fraction of sp³-hybridized carbons (Fsp3) is 0.625. The summed E-state index contributed by atoms with van der Waals surface area (Å²) in [6.07, 6.45) is -1.24. The van der Waals surface area contributed by atoms with Crippen LogP contribution in [0.1, 0.15) is 30.9 Å². The van der Waals surface area contributed by atoms with Gasteiger partial charge in [0.25, 0.3) is 6.43 Å². The van der Waals surface area contributed by atoms with Gasteiger partial charge in [-0.2, -0.15) is 0 Å². The van der Waals surface area contributed by atoms with Crippen molar-refractivity contribution in [3.63, 3.8) is 0 Å². The van der Waals surface area contributed by atoms with Crippen molar-refractivity contribution in [2.45, 2.75) is 32.4 Å². The van der Waals surface area contributed by atoms with Crippen molar-refractivity contribution in [2.75, 3.05) is 19.6 Å². The van der Waals surface area contributed by atoms with Gasteiger partial charge in [-0.15, -0.1) is 0 Å². The second-order valence-electron chi connectivity index (χ2n) is 6.03. The van der Waals surface area contributed by atoms with Crippen LogP contribution in [0, 0.1) is 11.8 Å². The maximum absolute atomic E-state index is 12.8. The van der Waals surface area contributed by atoms with Gasteiger partial charge in [0.05, 0.1) is 0 Å². The molecule has 110 valence electrons. The lowest BCUT2D eigenvalue weighted by Crippen LogP contribution is -2.34. The van der Waals surface area contributed by atoms with Crippen LogP contribution in [0.15, 0.2) is 24.3 Å². The summed E-state index contributed by atoms with van der Waals surface area (Å²) in [5.74, 6) is 1.47. The monoisotopic (exact) mass is 280 g/mol. The molecule has 1 N–H and O–H groups in total. The van der Waals surface area contributed by atoms with Crippen molar-refractivity contribution >= 4 is 0 Å². The zero-order valence-corrected chi connectivity index (χ0v) is 11.9. The predicted octanol–water partition coefficient (Wildman–Crippen LogP) is 3.05. The normalized spacial score (nSPS) is 30.1. The highest BCUT2D eigenvalue weighted by molar-refractivity contribution is 5.24. The molecule has 0 bridgehead atoms. The van der Waals surface area contributed by atoms with E-state index in [1.54, 1.807) is 12.1 Å². The van der Waals surface area contributed by atoms with Crippen LogP contribution < -0.4 is 5.32 Å². The minimum Gasteiger partial charge on any atom is -0.316 e. The summed E-state index contributed by atoms with van der Waals surface area (Å²) in [6.45, 7) is 6.33. The molecule has 2 aliphatic heterocycles. The van der Waals surface area contributed by atoms with Crippen molar-refractivity contribution in [1.82, 2.24) is 10.2 Å². The molecule has 3 atom stereocenters. The number of nitrogens with zero attached hydrogens (tertiary/aromatic N) is 1. The van der Waals surface area contributed by atoms with Gasteiger partial charge < -0.3 is 5.32 Å². The zero-order chi connectivity index (χ0) is 14.1. The maximum atomic E-state index is 12.8. The molecule has 0 spiro atoms. The van der Waals surface area contributed by atoms with Gasteiger partial charge in [0.1, 0.15) is 0 Å². The smallest absolute Gasteiger partial charge is 0.263 e. The number of halogens is 2. The molecule has 1 aromatic carbocycles. The molecular weight excluding hydrogens is 258 g/mol. The topological polar surface area (TPSA) is 15.3 Å². The maximum Gasteiger partial charge on any atom is 0.263 e. The van der Waals surface area contributed by atoms with Crippen molar-refractivity contribution in [1.29, 1.82) is 0 Å². The number of fused-ring (bicyclic) bond motifs is 1. The number of rotatable bonds is 4. The second-order valence-corrected chi connectivity index (χ2v) is 6.03. The third kappa shape index (κ3) is 2.59. The standard InChI is InChI=1S/C16H22F2N2/c1-2-15-14-8-19-7-13(14)10-20(15)9-11-4-3-5-12(6-11)16(17)18/h3-6,13-16,19H,2,7-10H2,1H3. The van der Waals surface area contributed by atoms with E-state index in [0.717, 1.165) is 50.0 Å². The van der Waals surface area contributed by atoms with Crippen molar-refractivity contribution in [3.05, 3.63) is 35.4 Å². The van der Waals surface area contributed by atoms with E-state index in [4.69, 9.17) is 0 Å². The molecular formula is C16H22F2N2. The van der Waals surface area contributed by atoms with Crippen LogP contribution in [-0.2, 0) is 6.54 Å². The minimum atomic E-state index is -2.38. The molecule has 4 heteroatoms. The first-order valence-corrected chi connectivity index (χ1v) is 7.50. The molecule has 1 aromatic rings. The van der Waals surface area contributed by atoms with Gasteiger partial charge in [-0.3, -0.25) is 4.90 Å². The summed E-state index contributed by atoms with van der Waals surface area (Å²) in [4.78, 5) is 2.49. The molecule has 2 aliphatic rings. The highest BCUT2D eigenvalue weighted by atomic mass is 19.3. The van der Waals surface area contributed by atoms with E-state index >= 15 is 0 Å². The molecule has 0 saturated carbocycles. The molecule has 2 saturated heterocycles. The molecule has 0 amide bonds. The highest BCUT2D eigenvalue weighted by Crippen LogP contribution is 2.35. The summed E-state index contributed by atoms with van der Waals surface area (Å²) in [6, 6.07) is 7.46. The van der Waals surface area contributed by atoms with Gasteiger partial charge in [-0.05, 0) is 43.0 Å². The average molecular weight is 280 g/mol. The van der Waals surface area contributed by atoms with E-state index < -0.39 is 6.43 Å². The van der Waals surface area contributed by atoms with E-state index in [0.29, 0.717) is 6.04 Å².